The molecule has 0 atom stereocenters. The first-order valence-electron chi connectivity index (χ1n) is 4.65. The Labute approximate surface area is 87.9 Å². The summed E-state index contributed by atoms with van der Waals surface area (Å²) in [6, 6.07) is 12.8. The SMILES string of the molecule is CN(C(=O)c1ccco1)c1ccccc1. The lowest BCUT2D eigenvalue weighted by Gasteiger charge is -2.15. The first-order valence-corrected chi connectivity index (χ1v) is 4.65. The van der Waals surface area contributed by atoms with Crippen LogP contribution in [0.5, 0.6) is 0 Å². The molecule has 0 aliphatic heterocycles. The smallest absolute Gasteiger partial charge is 0.293 e. The van der Waals surface area contributed by atoms with Gasteiger partial charge in [-0.25, -0.2) is 0 Å². The van der Waals surface area contributed by atoms with Crippen LogP contribution in [0.4, 0.5) is 5.69 Å². The molecule has 0 aliphatic carbocycles. The lowest BCUT2D eigenvalue weighted by molar-refractivity contribution is 0.0966. The van der Waals surface area contributed by atoms with Crippen LogP contribution in [0.2, 0.25) is 0 Å². The second kappa shape index (κ2) is 4.00. The Balaban J connectivity index is 2.23. The van der Waals surface area contributed by atoms with Gasteiger partial charge < -0.3 is 9.32 Å². The van der Waals surface area contributed by atoms with Crippen LogP contribution in [0.25, 0.3) is 0 Å². The van der Waals surface area contributed by atoms with Crippen LogP contribution in [0.1, 0.15) is 10.6 Å². The molecule has 76 valence electrons. The van der Waals surface area contributed by atoms with Crippen LogP contribution in [-0.2, 0) is 0 Å². The molecule has 0 N–H and O–H groups in total. The highest BCUT2D eigenvalue weighted by Gasteiger charge is 2.14. The Morgan fingerprint density at radius 1 is 1.13 bits per heavy atom. The van der Waals surface area contributed by atoms with Gasteiger partial charge >= 0.3 is 0 Å². The molecule has 0 aliphatic rings. The number of hydrogen-bond acceptors (Lipinski definition) is 2. The van der Waals surface area contributed by atoms with E-state index in [0.717, 1.165) is 5.69 Å². The van der Waals surface area contributed by atoms with Crippen molar-refractivity contribution in [2.75, 3.05) is 11.9 Å². The van der Waals surface area contributed by atoms with Crippen molar-refractivity contribution in [1.82, 2.24) is 0 Å². The fraction of sp³-hybridized carbons (Fsp3) is 0.0833. The molecule has 1 aromatic heterocycles. The Kier molecular flexibility index (Phi) is 2.54. The number of amides is 1. The molecule has 2 aromatic rings. The third-order valence-electron chi connectivity index (χ3n) is 2.18. The molecule has 1 heterocycles. The highest BCUT2D eigenvalue weighted by Crippen LogP contribution is 2.14. The van der Waals surface area contributed by atoms with Crippen molar-refractivity contribution in [2.45, 2.75) is 0 Å². The van der Waals surface area contributed by atoms with Gasteiger partial charge in [-0.05, 0) is 24.3 Å². The fourth-order valence-corrected chi connectivity index (χ4v) is 1.33. The molecular formula is C12H11NO2. The number of furan rings is 1. The van der Waals surface area contributed by atoms with E-state index in [-0.39, 0.29) is 5.91 Å². The molecule has 3 nitrogen and oxygen atoms in total. The largest absolute Gasteiger partial charge is 0.459 e. The van der Waals surface area contributed by atoms with Gasteiger partial charge in [0.15, 0.2) is 5.76 Å². The van der Waals surface area contributed by atoms with E-state index < -0.39 is 0 Å². The van der Waals surface area contributed by atoms with Crippen LogP contribution in [0.3, 0.4) is 0 Å². The van der Waals surface area contributed by atoms with E-state index in [1.54, 1.807) is 24.1 Å². The molecular weight excluding hydrogens is 190 g/mol. The van der Waals surface area contributed by atoms with Crippen molar-refractivity contribution < 1.29 is 9.21 Å². The van der Waals surface area contributed by atoms with Crippen LogP contribution >= 0.6 is 0 Å². The summed E-state index contributed by atoms with van der Waals surface area (Å²) in [7, 11) is 1.72. The fourth-order valence-electron chi connectivity index (χ4n) is 1.33. The molecule has 0 spiro atoms. The minimum absolute atomic E-state index is 0.147. The molecule has 0 unspecified atom stereocenters. The van der Waals surface area contributed by atoms with Gasteiger partial charge in [0.2, 0.25) is 0 Å². The van der Waals surface area contributed by atoms with E-state index >= 15 is 0 Å². The zero-order valence-corrected chi connectivity index (χ0v) is 8.38. The summed E-state index contributed by atoms with van der Waals surface area (Å²) in [6.45, 7) is 0. The Morgan fingerprint density at radius 3 is 2.47 bits per heavy atom. The van der Waals surface area contributed by atoms with E-state index in [4.69, 9.17) is 4.42 Å². The highest BCUT2D eigenvalue weighted by atomic mass is 16.3. The second-order valence-corrected chi connectivity index (χ2v) is 3.18. The number of carbonyl (C=O) groups excluding carboxylic acids is 1. The number of anilines is 1. The third kappa shape index (κ3) is 1.91. The minimum atomic E-state index is -0.147. The van der Waals surface area contributed by atoms with Gasteiger partial charge in [-0.15, -0.1) is 0 Å². The summed E-state index contributed by atoms with van der Waals surface area (Å²) < 4.78 is 5.05. The van der Waals surface area contributed by atoms with Crippen LogP contribution in [0.15, 0.2) is 53.1 Å². The number of nitrogens with zero attached hydrogens (tertiary/aromatic N) is 1. The third-order valence-corrected chi connectivity index (χ3v) is 2.18. The maximum absolute atomic E-state index is 11.8. The summed E-state index contributed by atoms with van der Waals surface area (Å²) in [4.78, 5) is 13.4. The molecule has 15 heavy (non-hydrogen) atoms. The van der Waals surface area contributed by atoms with E-state index in [1.807, 2.05) is 30.3 Å². The Bertz CT molecular complexity index is 434. The lowest BCUT2D eigenvalue weighted by atomic mass is 10.3. The quantitative estimate of drug-likeness (QED) is 0.748. The average Bonchev–Trinajstić information content (AvgIpc) is 2.82. The van der Waals surface area contributed by atoms with E-state index in [9.17, 15) is 4.79 Å². The molecule has 0 bridgehead atoms. The van der Waals surface area contributed by atoms with E-state index in [0.29, 0.717) is 5.76 Å². The summed E-state index contributed by atoms with van der Waals surface area (Å²) in [5, 5.41) is 0. The van der Waals surface area contributed by atoms with Gasteiger partial charge in [0, 0.05) is 12.7 Å². The van der Waals surface area contributed by atoms with Crippen LogP contribution < -0.4 is 4.90 Å². The van der Waals surface area contributed by atoms with Gasteiger partial charge in [-0.3, -0.25) is 4.79 Å². The summed E-state index contributed by atoms with van der Waals surface area (Å²) in [6.07, 6.45) is 1.49. The van der Waals surface area contributed by atoms with Gasteiger partial charge in [-0.2, -0.15) is 0 Å². The number of carbonyl (C=O) groups is 1. The average molecular weight is 201 g/mol. The van der Waals surface area contributed by atoms with Crippen LogP contribution in [0, 0.1) is 0 Å². The molecule has 0 radical (unpaired) electrons. The monoisotopic (exact) mass is 201 g/mol. The molecule has 0 fully saturated rings. The molecule has 2 rings (SSSR count). The maximum Gasteiger partial charge on any atom is 0.293 e. The van der Waals surface area contributed by atoms with Crippen molar-refractivity contribution in [3.8, 4) is 0 Å². The predicted molar refractivity (Wildman–Crippen MR) is 57.9 cm³/mol. The zero-order valence-electron chi connectivity index (χ0n) is 8.38. The van der Waals surface area contributed by atoms with Crippen molar-refractivity contribution in [3.05, 3.63) is 54.5 Å². The number of para-hydroxylation sites is 1. The van der Waals surface area contributed by atoms with E-state index in [1.165, 1.54) is 6.26 Å². The zero-order chi connectivity index (χ0) is 10.7. The molecule has 3 heteroatoms. The number of hydrogen-bond donors (Lipinski definition) is 0. The highest BCUT2D eigenvalue weighted by molar-refractivity contribution is 6.03. The van der Waals surface area contributed by atoms with Gasteiger partial charge in [0.05, 0.1) is 6.26 Å². The topological polar surface area (TPSA) is 33.5 Å². The number of benzene rings is 1. The molecule has 0 saturated carbocycles. The standard InChI is InChI=1S/C12H11NO2/c1-13(10-6-3-2-4-7-10)12(14)11-8-5-9-15-11/h2-9H,1H3. The summed E-state index contributed by atoms with van der Waals surface area (Å²) in [5.74, 6) is 0.201. The molecule has 0 saturated heterocycles. The predicted octanol–water partition coefficient (Wildman–Crippen LogP) is 2.56. The number of rotatable bonds is 2. The normalized spacial score (nSPS) is 9.93. The van der Waals surface area contributed by atoms with Gasteiger partial charge in [0.25, 0.3) is 5.91 Å². The Morgan fingerprint density at radius 2 is 1.87 bits per heavy atom. The summed E-state index contributed by atoms with van der Waals surface area (Å²) in [5.41, 5.74) is 0.846. The van der Waals surface area contributed by atoms with Crippen LogP contribution in [-0.4, -0.2) is 13.0 Å². The van der Waals surface area contributed by atoms with Crippen molar-refractivity contribution >= 4 is 11.6 Å². The van der Waals surface area contributed by atoms with Gasteiger partial charge in [0.1, 0.15) is 0 Å². The lowest BCUT2D eigenvalue weighted by Crippen LogP contribution is -2.25. The first kappa shape index (κ1) is 9.52. The molecule has 1 amide bonds. The minimum Gasteiger partial charge on any atom is -0.459 e. The molecule has 1 aromatic carbocycles. The maximum atomic E-state index is 11.8. The van der Waals surface area contributed by atoms with Crippen molar-refractivity contribution in [1.29, 1.82) is 0 Å². The summed E-state index contributed by atoms with van der Waals surface area (Å²) >= 11 is 0. The van der Waals surface area contributed by atoms with Crippen molar-refractivity contribution in [2.24, 2.45) is 0 Å². The van der Waals surface area contributed by atoms with E-state index in [2.05, 4.69) is 0 Å². The first-order chi connectivity index (χ1) is 7.29. The van der Waals surface area contributed by atoms with Crippen molar-refractivity contribution in [3.63, 3.8) is 0 Å². The van der Waals surface area contributed by atoms with Gasteiger partial charge in [-0.1, -0.05) is 18.2 Å². The second-order valence-electron chi connectivity index (χ2n) is 3.18. The Hall–Kier alpha value is -2.03.